The van der Waals surface area contributed by atoms with Gasteiger partial charge in [0.15, 0.2) is 17.3 Å². The van der Waals surface area contributed by atoms with E-state index in [0.717, 1.165) is 46.7 Å². The van der Waals surface area contributed by atoms with Crippen molar-refractivity contribution in [2.24, 2.45) is 5.92 Å². The molecule has 8 nitrogen and oxygen atoms in total. The van der Waals surface area contributed by atoms with Crippen molar-refractivity contribution in [3.63, 3.8) is 0 Å². The third kappa shape index (κ3) is 6.27. The van der Waals surface area contributed by atoms with E-state index in [9.17, 15) is 9.90 Å². The Kier molecular flexibility index (Phi) is 9.08. The van der Waals surface area contributed by atoms with Gasteiger partial charge in [0, 0.05) is 61.3 Å². The van der Waals surface area contributed by atoms with Crippen LogP contribution in [0.5, 0.6) is 11.5 Å². The number of ether oxygens (including phenoxy) is 4. The minimum Gasteiger partial charge on any atom is -0.459 e. The van der Waals surface area contributed by atoms with Crippen molar-refractivity contribution in [1.29, 1.82) is 0 Å². The van der Waals surface area contributed by atoms with Gasteiger partial charge in [0.05, 0.1) is 0 Å². The maximum atomic E-state index is 13.6. The summed E-state index contributed by atoms with van der Waals surface area (Å²) < 4.78 is 24.3. The van der Waals surface area contributed by atoms with Gasteiger partial charge in [0.1, 0.15) is 0 Å². The van der Waals surface area contributed by atoms with Gasteiger partial charge in [0.25, 0.3) is 5.91 Å². The van der Waals surface area contributed by atoms with Gasteiger partial charge in [-0.25, -0.2) is 0 Å². The Morgan fingerprint density at radius 1 is 1.08 bits per heavy atom. The highest BCUT2D eigenvalue weighted by Crippen LogP contribution is 2.40. The average Bonchev–Trinajstić information content (AvgIpc) is 3.41. The van der Waals surface area contributed by atoms with E-state index in [0.29, 0.717) is 31.9 Å². The number of aliphatic hydroxyl groups is 1. The first-order valence-corrected chi connectivity index (χ1v) is 14.4. The molecule has 38 heavy (non-hydrogen) atoms. The smallest absolute Gasteiger partial charge is 0.288 e. The molecule has 3 aliphatic rings. The number of amides is 1. The van der Waals surface area contributed by atoms with Crippen molar-refractivity contribution in [2.75, 3.05) is 46.2 Å². The zero-order valence-electron chi connectivity index (χ0n) is 21.7. The number of rotatable bonds is 9. The summed E-state index contributed by atoms with van der Waals surface area (Å²) in [5, 5.41) is 9.50. The predicted molar refractivity (Wildman–Crippen MR) is 151 cm³/mol. The number of benzene rings is 2. The number of fused-ring (bicyclic) bond motifs is 1. The fraction of sp³-hybridized carbons (Fsp3) is 0.483. The highest BCUT2D eigenvalue weighted by atomic mass is 127. The molecule has 1 fully saturated rings. The minimum absolute atomic E-state index is 0.0114. The number of nitrogens with zero attached hydrogens (tertiary/aromatic N) is 2. The molecule has 0 bridgehead atoms. The van der Waals surface area contributed by atoms with Crippen LogP contribution >= 0.6 is 22.6 Å². The standard InChI is InChI=1S/C29H35IN2O6/c1-2-35-29-23(4-3-15-33)24(21-6-8-22(30)9-7-21)17-27(38-29)28(34)32-13-11-31(12-14-32)18-20-5-10-25-26(16-20)37-19-36-25/h5-10,16-17,23-24,29,33H,2-4,11-15,18-19H2,1H3/t23-,24-,29-/m1/s1. The molecule has 3 aliphatic heterocycles. The number of halogens is 1. The molecule has 0 saturated carbocycles. The van der Waals surface area contributed by atoms with Gasteiger partial charge in [-0.2, -0.15) is 0 Å². The second-order valence-electron chi connectivity index (χ2n) is 9.84. The molecule has 1 saturated heterocycles. The van der Waals surface area contributed by atoms with E-state index in [1.54, 1.807) is 0 Å². The third-order valence-electron chi connectivity index (χ3n) is 7.38. The fourth-order valence-electron chi connectivity index (χ4n) is 5.38. The first kappa shape index (κ1) is 27.2. The number of carbonyl (C=O) groups is 1. The number of hydrogen-bond donors (Lipinski definition) is 1. The molecule has 0 aliphatic carbocycles. The molecule has 0 unspecified atom stereocenters. The molecule has 0 radical (unpaired) electrons. The Bertz CT molecular complexity index is 1130. The van der Waals surface area contributed by atoms with Crippen LogP contribution in [0.25, 0.3) is 0 Å². The lowest BCUT2D eigenvalue weighted by molar-refractivity contribution is -0.171. The number of hydrogen-bond acceptors (Lipinski definition) is 7. The lowest BCUT2D eigenvalue weighted by Crippen LogP contribution is -2.49. The highest BCUT2D eigenvalue weighted by Gasteiger charge is 2.39. The van der Waals surface area contributed by atoms with Crippen molar-refractivity contribution < 1.29 is 28.8 Å². The molecule has 1 N–H and O–H groups in total. The molecule has 5 rings (SSSR count). The normalized spacial score (nSPS) is 23.2. The Morgan fingerprint density at radius 3 is 2.58 bits per heavy atom. The van der Waals surface area contributed by atoms with Crippen LogP contribution in [0.1, 0.15) is 36.8 Å². The molecule has 0 spiro atoms. The zero-order chi connectivity index (χ0) is 26.5. The summed E-state index contributed by atoms with van der Waals surface area (Å²) >= 11 is 2.30. The van der Waals surface area contributed by atoms with Gasteiger partial charge in [0.2, 0.25) is 13.1 Å². The SMILES string of the molecule is CCO[C@@H]1OC(C(=O)N2CCN(Cc3ccc4c(c3)OCO4)CC2)=C[C@H](c2ccc(I)cc2)[C@H]1CCCO. The lowest BCUT2D eigenvalue weighted by Gasteiger charge is -2.39. The van der Waals surface area contributed by atoms with E-state index >= 15 is 0 Å². The van der Waals surface area contributed by atoms with Gasteiger partial charge in [-0.15, -0.1) is 0 Å². The summed E-state index contributed by atoms with van der Waals surface area (Å²) in [4.78, 5) is 17.9. The summed E-state index contributed by atoms with van der Waals surface area (Å²) in [5.74, 6) is 1.83. The van der Waals surface area contributed by atoms with Crippen LogP contribution in [0, 0.1) is 9.49 Å². The summed E-state index contributed by atoms with van der Waals surface area (Å²) in [5.41, 5.74) is 2.29. The van der Waals surface area contributed by atoms with Crippen molar-refractivity contribution in [2.45, 2.75) is 38.5 Å². The van der Waals surface area contributed by atoms with Gasteiger partial charge >= 0.3 is 0 Å². The fourth-order valence-corrected chi connectivity index (χ4v) is 5.74. The van der Waals surface area contributed by atoms with Crippen LogP contribution < -0.4 is 9.47 Å². The zero-order valence-corrected chi connectivity index (χ0v) is 23.8. The maximum Gasteiger partial charge on any atom is 0.288 e. The third-order valence-corrected chi connectivity index (χ3v) is 8.10. The second kappa shape index (κ2) is 12.7. The number of allylic oxidation sites excluding steroid dienone is 1. The van der Waals surface area contributed by atoms with Crippen LogP contribution in [-0.2, 0) is 20.8 Å². The van der Waals surface area contributed by atoms with E-state index in [2.05, 4.69) is 57.8 Å². The highest BCUT2D eigenvalue weighted by molar-refractivity contribution is 14.1. The van der Waals surface area contributed by atoms with E-state index in [4.69, 9.17) is 18.9 Å². The number of carbonyl (C=O) groups excluding carboxylic acids is 1. The maximum absolute atomic E-state index is 13.6. The largest absolute Gasteiger partial charge is 0.459 e. The van der Waals surface area contributed by atoms with E-state index in [1.165, 1.54) is 5.56 Å². The number of aliphatic hydroxyl groups excluding tert-OH is 1. The van der Waals surface area contributed by atoms with Crippen molar-refractivity contribution in [3.8, 4) is 11.5 Å². The Balaban J connectivity index is 1.28. The predicted octanol–water partition coefficient (Wildman–Crippen LogP) is 4.11. The van der Waals surface area contributed by atoms with Gasteiger partial charge in [-0.3, -0.25) is 9.69 Å². The first-order valence-electron chi connectivity index (χ1n) is 13.3. The molecule has 2 aromatic rings. The van der Waals surface area contributed by atoms with Crippen molar-refractivity contribution >= 4 is 28.5 Å². The van der Waals surface area contributed by atoms with E-state index in [-0.39, 0.29) is 31.1 Å². The van der Waals surface area contributed by atoms with Gasteiger partial charge in [-0.05, 0) is 83.8 Å². The molecule has 0 aromatic heterocycles. The van der Waals surface area contributed by atoms with Crippen LogP contribution in [0.15, 0.2) is 54.3 Å². The van der Waals surface area contributed by atoms with Gasteiger partial charge < -0.3 is 29.0 Å². The Hall–Kier alpha value is -2.34. The van der Waals surface area contributed by atoms with E-state index in [1.807, 2.05) is 30.0 Å². The minimum atomic E-state index is -0.535. The summed E-state index contributed by atoms with van der Waals surface area (Å²) in [6.07, 6.45) is 2.84. The second-order valence-corrected chi connectivity index (χ2v) is 11.1. The molecular formula is C29H35IN2O6. The van der Waals surface area contributed by atoms with E-state index < -0.39 is 6.29 Å². The molecule has 2 aromatic carbocycles. The molecular weight excluding hydrogens is 599 g/mol. The van der Waals surface area contributed by atoms with Crippen molar-refractivity contribution in [3.05, 3.63) is 69.0 Å². The van der Waals surface area contributed by atoms with Crippen LogP contribution in [0.2, 0.25) is 0 Å². The molecule has 3 atom stereocenters. The summed E-state index contributed by atoms with van der Waals surface area (Å²) in [6, 6.07) is 14.4. The Morgan fingerprint density at radius 2 is 1.84 bits per heavy atom. The van der Waals surface area contributed by atoms with Crippen LogP contribution in [0.4, 0.5) is 0 Å². The molecule has 3 heterocycles. The lowest BCUT2D eigenvalue weighted by atomic mass is 9.80. The Labute approximate surface area is 237 Å². The molecule has 1 amide bonds. The van der Waals surface area contributed by atoms with Gasteiger partial charge in [-0.1, -0.05) is 18.2 Å². The molecule has 9 heteroatoms. The summed E-state index contributed by atoms with van der Waals surface area (Å²) in [7, 11) is 0. The van der Waals surface area contributed by atoms with Crippen molar-refractivity contribution in [1.82, 2.24) is 9.80 Å². The first-order chi connectivity index (χ1) is 18.6. The summed E-state index contributed by atoms with van der Waals surface area (Å²) in [6.45, 7) is 6.42. The monoisotopic (exact) mass is 634 g/mol. The van der Waals surface area contributed by atoms with Crippen LogP contribution in [0.3, 0.4) is 0 Å². The molecule has 204 valence electrons. The average molecular weight is 635 g/mol. The van der Waals surface area contributed by atoms with Crippen LogP contribution in [-0.4, -0.2) is 73.3 Å². The number of piperazine rings is 1. The topological polar surface area (TPSA) is 80.7 Å². The quantitative estimate of drug-likeness (QED) is 0.416.